The summed E-state index contributed by atoms with van der Waals surface area (Å²) >= 11 is 0. The molecule has 1 amide bonds. The number of aliphatic hydroxyl groups is 2. The van der Waals surface area contributed by atoms with Crippen LogP contribution in [0.15, 0.2) is 12.2 Å². The molecule has 0 fully saturated rings. The third-order valence-electron chi connectivity index (χ3n) is 5.25. The second-order valence-corrected chi connectivity index (χ2v) is 7.97. The van der Waals surface area contributed by atoms with Crippen molar-refractivity contribution in [2.75, 3.05) is 39.4 Å². The number of amides is 1. The van der Waals surface area contributed by atoms with Gasteiger partial charge in [0, 0.05) is 32.6 Å². The summed E-state index contributed by atoms with van der Waals surface area (Å²) < 4.78 is 0. The fourth-order valence-electron chi connectivity index (χ4n) is 3.42. The predicted octanol–water partition coefficient (Wildman–Crippen LogP) is 4.43. The highest BCUT2D eigenvalue weighted by Gasteiger charge is 2.05. The predicted molar refractivity (Wildman–Crippen MR) is 123 cm³/mol. The quantitative estimate of drug-likeness (QED) is 0.182. The highest BCUT2D eigenvalue weighted by Crippen LogP contribution is 2.09. The lowest BCUT2D eigenvalue weighted by molar-refractivity contribution is -0.121. The SMILES string of the molecule is CCCCCCCC/C=C\CCCCCCCC(=O)NCCN(CCO)CCO. The van der Waals surface area contributed by atoms with Crippen LogP contribution in [-0.2, 0) is 4.79 Å². The van der Waals surface area contributed by atoms with E-state index in [2.05, 4.69) is 24.4 Å². The van der Waals surface area contributed by atoms with E-state index < -0.39 is 0 Å². The maximum absolute atomic E-state index is 11.8. The van der Waals surface area contributed by atoms with Gasteiger partial charge in [-0.25, -0.2) is 0 Å². The minimum absolute atomic E-state index is 0.0723. The molecule has 172 valence electrons. The van der Waals surface area contributed by atoms with Gasteiger partial charge in [-0.1, -0.05) is 70.4 Å². The van der Waals surface area contributed by atoms with E-state index in [0.717, 1.165) is 12.8 Å². The molecule has 5 nitrogen and oxygen atoms in total. The smallest absolute Gasteiger partial charge is 0.220 e. The van der Waals surface area contributed by atoms with Gasteiger partial charge in [-0.3, -0.25) is 9.69 Å². The minimum Gasteiger partial charge on any atom is -0.395 e. The fraction of sp³-hybridized carbons (Fsp3) is 0.875. The first kappa shape index (κ1) is 28.1. The monoisotopic (exact) mass is 412 g/mol. The first-order chi connectivity index (χ1) is 14.2. The number of nitrogens with one attached hydrogen (secondary N) is 1. The van der Waals surface area contributed by atoms with Gasteiger partial charge in [0.05, 0.1) is 13.2 Å². The van der Waals surface area contributed by atoms with Crippen LogP contribution in [0.2, 0.25) is 0 Å². The third-order valence-corrected chi connectivity index (χ3v) is 5.25. The number of hydrogen-bond donors (Lipinski definition) is 3. The summed E-state index contributed by atoms with van der Waals surface area (Å²) in [4.78, 5) is 13.8. The molecule has 0 bridgehead atoms. The molecule has 0 atom stereocenters. The lowest BCUT2D eigenvalue weighted by Crippen LogP contribution is -2.37. The molecule has 0 radical (unpaired) electrons. The Morgan fingerprint density at radius 1 is 0.759 bits per heavy atom. The van der Waals surface area contributed by atoms with Gasteiger partial charge in [-0.2, -0.15) is 0 Å². The summed E-state index contributed by atoms with van der Waals surface area (Å²) in [5, 5.41) is 20.8. The Balaban J connectivity index is 3.36. The Bertz CT molecular complexity index is 369. The Morgan fingerprint density at radius 3 is 1.83 bits per heavy atom. The van der Waals surface area contributed by atoms with Crippen molar-refractivity contribution in [2.24, 2.45) is 0 Å². The molecule has 0 aromatic carbocycles. The Hall–Kier alpha value is -0.910. The molecule has 0 unspecified atom stereocenters. The summed E-state index contributed by atoms with van der Waals surface area (Å²) in [6, 6.07) is 0. The van der Waals surface area contributed by atoms with Crippen LogP contribution in [0.5, 0.6) is 0 Å². The van der Waals surface area contributed by atoms with Crippen molar-refractivity contribution < 1.29 is 15.0 Å². The van der Waals surface area contributed by atoms with E-state index in [1.165, 1.54) is 70.6 Å². The molecular formula is C24H48N2O3. The van der Waals surface area contributed by atoms with E-state index >= 15 is 0 Å². The van der Waals surface area contributed by atoms with Gasteiger partial charge in [0.1, 0.15) is 0 Å². The molecule has 0 heterocycles. The highest BCUT2D eigenvalue weighted by molar-refractivity contribution is 5.75. The molecule has 0 rings (SSSR count). The number of unbranched alkanes of at least 4 members (excludes halogenated alkanes) is 11. The van der Waals surface area contributed by atoms with Crippen molar-refractivity contribution in [1.82, 2.24) is 10.2 Å². The van der Waals surface area contributed by atoms with E-state index in [0.29, 0.717) is 32.6 Å². The summed E-state index contributed by atoms with van der Waals surface area (Å²) in [6.45, 7) is 4.71. The van der Waals surface area contributed by atoms with Crippen LogP contribution >= 0.6 is 0 Å². The molecule has 0 aromatic rings. The van der Waals surface area contributed by atoms with E-state index in [-0.39, 0.29) is 19.1 Å². The molecule has 0 aromatic heterocycles. The fourth-order valence-corrected chi connectivity index (χ4v) is 3.42. The van der Waals surface area contributed by atoms with Gasteiger partial charge in [0.15, 0.2) is 0 Å². The Labute approximate surface area is 180 Å². The third kappa shape index (κ3) is 21.6. The van der Waals surface area contributed by atoms with Crippen LogP contribution in [0.25, 0.3) is 0 Å². The molecule has 0 saturated carbocycles. The number of carbonyl (C=O) groups is 1. The van der Waals surface area contributed by atoms with Crippen LogP contribution in [0.4, 0.5) is 0 Å². The molecule has 0 aliphatic rings. The number of allylic oxidation sites excluding steroid dienone is 2. The van der Waals surface area contributed by atoms with Crippen LogP contribution in [0.1, 0.15) is 96.8 Å². The van der Waals surface area contributed by atoms with Gasteiger partial charge in [-0.05, 0) is 32.1 Å². The summed E-state index contributed by atoms with van der Waals surface area (Å²) in [5.74, 6) is 0.107. The largest absolute Gasteiger partial charge is 0.395 e. The number of rotatable bonds is 22. The van der Waals surface area contributed by atoms with Crippen LogP contribution in [-0.4, -0.2) is 60.4 Å². The van der Waals surface area contributed by atoms with Crippen molar-refractivity contribution in [3.8, 4) is 0 Å². The zero-order valence-electron chi connectivity index (χ0n) is 19.0. The number of nitrogens with zero attached hydrogens (tertiary/aromatic N) is 1. The minimum atomic E-state index is 0.0723. The van der Waals surface area contributed by atoms with Gasteiger partial charge in [0.2, 0.25) is 5.91 Å². The Morgan fingerprint density at radius 2 is 1.28 bits per heavy atom. The van der Waals surface area contributed by atoms with E-state index in [4.69, 9.17) is 10.2 Å². The normalized spacial score (nSPS) is 11.6. The topological polar surface area (TPSA) is 72.8 Å². The van der Waals surface area contributed by atoms with Crippen molar-refractivity contribution in [2.45, 2.75) is 96.8 Å². The molecule has 5 heteroatoms. The molecule has 0 saturated heterocycles. The maximum atomic E-state index is 11.8. The first-order valence-electron chi connectivity index (χ1n) is 12.1. The summed E-state index contributed by atoms with van der Waals surface area (Å²) in [7, 11) is 0. The highest BCUT2D eigenvalue weighted by atomic mass is 16.3. The number of carbonyl (C=O) groups excluding carboxylic acids is 1. The zero-order chi connectivity index (χ0) is 21.4. The van der Waals surface area contributed by atoms with E-state index in [9.17, 15) is 4.79 Å². The first-order valence-corrected chi connectivity index (χ1v) is 12.1. The second-order valence-electron chi connectivity index (χ2n) is 7.97. The van der Waals surface area contributed by atoms with E-state index in [1.807, 2.05) is 4.90 Å². The van der Waals surface area contributed by atoms with Gasteiger partial charge >= 0.3 is 0 Å². The zero-order valence-corrected chi connectivity index (χ0v) is 19.0. The van der Waals surface area contributed by atoms with Gasteiger partial charge in [-0.15, -0.1) is 0 Å². The molecule has 29 heavy (non-hydrogen) atoms. The lowest BCUT2D eigenvalue weighted by atomic mass is 10.1. The average Bonchev–Trinajstić information content (AvgIpc) is 2.71. The number of hydrogen-bond acceptors (Lipinski definition) is 4. The average molecular weight is 413 g/mol. The summed E-state index contributed by atoms with van der Waals surface area (Å²) in [5.41, 5.74) is 0. The lowest BCUT2D eigenvalue weighted by Gasteiger charge is -2.20. The standard InChI is InChI=1S/C24H48N2O3/c1-2-3-4-5-6-7-8-9-10-11-12-13-14-15-16-17-24(29)25-18-19-26(20-22-27)21-23-28/h9-10,27-28H,2-8,11-23H2,1H3,(H,25,29)/b10-9-. The van der Waals surface area contributed by atoms with Crippen molar-refractivity contribution in [1.29, 1.82) is 0 Å². The second kappa shape index (κ2) is 23.4. The van der Waals surface area contributed by atoms with Crippen LogP contribution in [0.3, 0.4) is 0 Å². The van der Waals surface area contributed by atoms with Crippen molar-refractivity contribution in [3.05, 3.63) is 12.2 Å². The van der Waals surface area contributed by atoms with E-state index in [1.54, 1.807) is 0 Å². The van der Waals surface area contributed by atoms with Crippen LogP contribution < -0.4 is 5.32 Å². The van der Waals surface area contributed by atoms with Crippen molar-refractivity contribution >= 4 is 5.91 Å². The molecule has 3 N–H and O–H groups in total. The molecule has 0 spiro atoms. The van der Waals surface area contributed by atoms with Crippen LogP contribution in [0, 0.1) is 0 Å². The molecule has 0 aliphatic heterocycles. The molecule has 0 aliphatic carbocycles. The maximum Gasteiger partial charge on any atom is 0.220 e. The Kier molecular flexibility index (Phi) is 22.6. The van der Waals surface area contributed by atoms with Crippen molar-refractivity contribution in [3.63, 3.8) is 0 Å². The van der Waals surface area contributed by atoms with Gasteiger partial charge < -0.3 is 15.5 Å². The van der Waals surface area contributed by atoms with Gasteiger partial charge in [0.25, 0.3) is 0 Å². The number of aliphatic hydroxyl groups excluding tert-OH is 2. The molecular weight excluding hydrogens is 364 g/mol. The summed E-state index contributed by atoms with van der Waals surface area (Å²) in [6.07, 6.45) is 21.7.